The van der Waals surface area contributed by atoms with E-state index in [0.29, 0.717) is 25.6 Å². The van der Waals surface area contributed by atoms with Crippen LogP contribution >= 0.6 is 0 Å². The smallest absolute Gasteiger partial charge is 0.347 e. The van der Waals surface area contributed by atoms with E-state index in [1.54, 1.807) is 6.07 Å². The SMILES string of the molecule is CC(C)(Oc1cccc(-c2cccc(OCCCOCc3ccccc3)c2)c1)C(=O)O. The molecule has 3 aromatic rings. The fraction of sp³-hybridized carbons (Fsp3) is 0.269. The van der Waals surface area contributed by atoms with Gasteiger partial charge in [-0.15, -0.1) is 0 Å². The highest BCUT2D eigenvalue weighted by molar-refractivity contribution is 5.77. The fourth-order valence-electron chi connectivity index (χ4n) is 2.96. The third kappa shape index (κ3) is 6.86. The van der Waals surface area contributed by atoms with E-state index >= 15 is 0 Å². The van der Waals surface area contributed by atoms with Gasteiger partial charge in [0.25, 0.3) is 0 Å². The number of rotatable bonds is 11. The molecule has 0 aliphatic carbocycles. The molecule has 0 spiro atoms. The van der Waals surface area contributed by atoms with Gasteiger partial charge in [0.05, 0.1) is 19.8 Å². The summed E-state index contributed by atoms with van der Waals surface area (Å²) in [6, 6.07) is 25.3. The van der Waals surface area contributed by atoms with Gasteiger partial charge in [-0.1, -0.05) is 54.6 Å². The second kappa shape index (κ2) is 10.6. The molecule has 0 bridgehead atoms. The molecule has 1 N–H and O–H groups in total. The zero-order chi connectivity index (χ0) is 22.1. The highest BCUT2D eigenvalue weighted by Crippen LogP contribution is 2.28. The van der Waals surface area contributed by atoms with E-state index < -0.39 is 11.6 Å². The van der Waals surface area contributed by atoms with Crippen LogP contribution in [0.25, 0.3) is 11.1 Å². The Bertz CT molecular complexity index is 982. The molecule has 0 unspecified atom stereocenters. The Morgan fingerprint density at radius 3 is 2.16 bits per heavy atom. The van der Waals surface area contributed by atoms with Crippen LogP contribution < -0.4 is 9.47 Å². The molecule has 0 atom stereocenters. The molecule has 3 rings (SSSR count). The molecule has 3 aromatic carbocycles. The predicted molar refractivity (Wildman–Crippen MR) is 120 cm³/mol. The van der Waals surface area contributed by atoms with Crippen LogP contribution in [-0.4, -0.2) is 29.9 Å². The monoisotopic (exact) mass is 420 g/mol. The van der Waals surface area contributed by atoms with E-state index in [2.05, 4.69) is 0 Å². The number of aliphatic carboxylic acids is 1. The Morgan fingerprint density at radius 1 is 0.839 bits per heavy atom. The number of hydrogen-bond acceptors (Lipinski definition) is 4. The molecule has 0 aliphatic heterocycles. The summed E-state index contributed by atoms with van der Waals surface area (Å²) in [5.74, 6) is 0.269. The van der Waals surface area contributed by atoms with Crippen molar-refractivity contribution in [2.24, 2.45) is 0 Å². The Labute approximate surface area is 183 Å². The van der Waals surface area contributed by atoms with Crippen LogP contribution in [0.5, 0.6) is 11.5 Å². The zero-order valence-corrected chi connectivity index (χ0v) is 17.9. The molecule has 5 heteroatoms. The zero-order valence-electron chi connectivity index (χ0n) is 17.9. The lowest BCUT2D eigenvalue weighted by Gasteiger charge is -2.21. The third-order valence-corrected chi connectivity index (χ3v) is 4.70. The van der Waals surface area contributed by atoms with Crippen molar-refractivity contribution in [2.45, 2.75) is 32.5 Å². The van der Waals surface area contributed by atoms with Crippen LogP contribution in [0.3, 0.4) is 0 Å². The lowest BCUT2D eigenvalue weighted by molar-refractivity contribution is -0.152. The molecule has 162 valence electrons. The summed E-state index contributed by atoms with van der Waals surface area (Å²) in [5.41, 5.74) is 1.76. The Morgan fingerprint density at radius 2 is 1.48 bits per heavy atom. The number of ether oxygens (including phenoxy) is 3. The van der Waals surface area contributed by atoms with E-state index in [4.69, 9.17) is 14.2 Å². The predicted octanol–water partition coefficient (Wildman–Crippen LogP) is 5.58. The molecular formula is C26H28O5. The minimum Gasteiger partial charge on any atom is -0.493 e. The average molecular weight is 421 g/mol. The lowest BCUT2D eigenvalue weighted by Crippen LogP contribution is -2.37. The maximum absolute atomic E-state index is 11.3. The number of carboxylic acid groups (broad SMARTS) is 1. The van der Waals surface area contributed by atoms with Gasteiger partial charge in [-0.2, -0.15) is 0 Å². The van der Waals surface area contributed by atoms with E-state index in [9.17, 15) is 9.90 Å². The molecule has 0 fully saturated rings. The summed E-state index contributed by atoms with van der Waals surface area (Å²) in [6.45, 7) is 4.86. The fourth-order valence-corrected chi connectivity index (χ4v) is 2.96. The second-order valence-corrected chi connectivity index (χ2v) is 7.71. The topological polar surface area (TPSA) is 65.0 Å². The standard InChI is InChI=1S/C26H28O5/c1-26(2,25(27)28)31-24-14-7-12-22(18-24)21-11-6-13-23(17-21)30-16-8-15-29-19-20-9-4-3-5-10-20/h3-7,9-14,17-18H,8,15-16,19H2,1-2H3,(H,27,28). The normalized spacial score (nSPS) is 11.2. The van der Waals surface area contributed by atoms with Gasteiger partial charge >= 0.3 is 5.97 Å². The highest BCUT2D eigenvalue weighted by atomic mass is 16.5. The number of carbonyl (C=O) groups is 1. The van der Waals surface area contributed by atoms with Crippen LogP contribution in [0.15, 0.2) is 78.9 Å². The Hall–Kier alpha value is -3.31. The summed E-state index contributed by atoms with van der Waals surface area (Å²) >= 11 is 0. The Kier molecular flexibility index (Phi) is 7.68. The first kappa shape index (κ1) is 22.4. The molecule has 0 aromatic heterocycles. The minimum absolute atomic E-state index is 0.506. The second-order valence-electron chi connectivity index (χ2n) is 7.71. The quantitative estimate of drug-likeness (QED) is 0.410. The molecule has 0 saturated carbocycles. The van der Waals surface area contributed by atoms with Crippen molar-refractivity contribution in [3.63, 3.8) is 0 Å². The first-order valence-corrected chi connectivity index (χ1v) is 10.3. The van der Waals surface area contributed by atoms with Crippen molar-refractivity contribution in [3.8, 4) is 22.6 Å². The maximum Gasteiger partial charge on any atom is 0.347 e. The van der Waals surface area contributed by atoms with Gasteiger partial charge in [-0.25, -0.2) is 4.79 Å². The number of carboxylic acids is 1. The first-order valence-electron chi connectivity index (χ1n) is 10.3. The molecule has 5 nitrogen and oxygen atoms in total. The van der Waals surface area contributed by atoms with Gasteiger partial charge in [0.2, 0.25) is 0 Å². The van der Waals surface area contributed by atoms with Crippen LogP contribution in [0, 0.1) is 0 Å². The molecule has 0 aliphatic rings. The summed E-state index contributed by atoms with van der Waals surface area (Å²) in [7, 11) is 0. The number of hydrogen-bond donors (Lipinski definition) is 1. The molecule has 31 heavy (non-hydrogen) atoms. The van der Waals surface area contributed by atoms with Gasteiger partial charge < -0.3 is 19.3 Å². The molecular weight excluding hydrogens is 392 g/mol. The number of benzene rings is 3. The van der Waals surface area contributed by atoms with Gasteiger partial charge in [0.1, 0.15) is 11.5 Å². The van der Waals surface area contributed by atoms with Crippen LogP contribution in [0.1, 0.15) is 25.8 Å². The van der Waals surface area contributed by atoms with Crippen LogP contribution in [0.2, 0.25) is 0 Å². The summed E-state index contributed by atoms with van der Waals surface area (Å²) in [4.78, 5) is 11.3. The Balaban J connectivity index is 1.52. The van der Waals surface area contributed by atoms with E-state index in [1.807, 2.05) is 72.8 Å². The van der Waals surface area contributed by atoms with Crippen molar-refractivity contribution in [1.82, 2.24) is 0 Å². The van der Waals surface area contributed by atoms with Crippen LogP contribution in [0.4, 0.5) is 0 Å². The van der Waals surface area contributed by atoms with Gasteiger partial charge in [0.15, 0.2) is 5.60 Å². The van der Waals surface area contributed by atoms with Crippen molar-refractivity contribution in [2.75, 3.05) is 13.2 Å². The summed E-state index contributed by atoms with van der Waals surface area (Å²) < 4.78 is 17.2. The van der Waals surface area contributed by atoms with Crippen molar-refractivity contribution < 1.29 is 24.1 Å². The van der Waals surface area contributed by atoms with Crippen molar-refractivity contribution >= 4 is 5.97 Å². The average Bonchev–Trinajstić information content (AvgIpc) is 2.77. The van der Waals surface area contributed by atoms with Gasteiger partial charge in [-0.3, -0.25) is 0 Å². The first-order chi connectivity index (χ1) is 14.9. The highest BCUT2D eigenvalue weighted by Gasteiger charge is 2.29. The van der Waals surface area contributed by atoms with Gasteiger partial charge in [-0.05, 0) is 54.8 Å². The van der Waals surface area contributed by atoms with Gasteiger partial charge in [0, 0.05) is 6.42 Å². The maximum atomic E-state index is 11.3. The largest absolute Gasteiger partial charge is 0.493 e. The third-order valence-electron chi connectivity index (χ3n) is 4.70. The van der Waals surface area contributed by atoms with Crippen molar-refractivity contribution in [3.05, 3.63) is 84.4 Å². The summed E-state index contributed by atoms with van der Waals surface area (Å²) in [5, 5.41) is 9.27. The summed E-state index contributed by atoms with van der Waals surface area (Å²) in [6.07, 6.45) is 0.796. The van der Waals surface area contributed by atoms with Crippen molar-refractivity contribution in [1.29, 1.82) is 0 Å². The molecule has 0 radical (unpaired) electrons. The lowest BCUT2D eigenvalue weighted by atomic mass is 10.0. The molecule has 0 saturated heterocycles. The molecule has 0 heterocycles. The van der Waals surface area contributed by atoms with Crippen LogP contribution in [-0.2, 0) is 16.1 Å². The van der Waals surface area contributed by atoms with E-state index in [0.717, 1.165) is 28.9 Å². The van der Waals surface area contributed by atoms with E-state index in [1.165, 1.54) is 13.8 Å². The van der Waals surface area contributed by atoms with E-state index in [-0.39, 0.29) is 0 Å². The molecule has 0 amide bonds. The minimum atomic E-state index is -1.30.